The number of sulfone groups is 1. The molecule has 0 spiro atoms. The molecule has 1 aliphatic carbocycles. The van der Waals surface area contributed by atoms with E-state index in [0.29, 0.717) is 11.1 Å². The third kappa shape index (κ3) is 5.63. The van der Waals surface area contributed by atoms with Gasteiger partial charge in [-0.1, -0.05) is 24.3 Å². The average Bonchev–Trinajstić information content (AvgIpc) is 3.00. The molecular weight excluding hydrogens is 454 g/mol. The van der Waals surface area contributed by atoms with E-state index in [0.717, 1.165) is 6.26 Å². The number of fused-ring (bicyclic) bond motifs is 1. The van der Waals surface area contributed by atoms with Crippen molar-refractivity contribution in [2.45, 2.75) is 62.8 Å². The Hall–Kier alpha value is -3.13. The van der Waals surface area contributed by atoms with Gasteiger partial charge in [-0.2, -0.15) is 14.0 Å². The molecule has 0 radical (unpaired) electrons. The molecule has 0 aliphatic heterocycles. The highest BCUT2D eigenvalue weighted by Crippen LogP contribution is 2.44. The van der Waals surface area contributed by atoms with Gasteiger partial charge in [-0.15, -0.1) is 0 Å². The molecule has 33 heavy (non-hydrogen) atoms. The number of ether oxygens (including phenoxy) is 1. The number of hydrogen-bond donors (Lipinski definition) is 1. The molecule has 1 atom stereocenters. The van der Waals surface area contributed by atoms with Crippen molar-refractivity contribution in [1.82, 2.24) is 15.3 Å². The lowest BCUT2D eigenvalue weighted by Gasteiger charge is -2.23. The minimum atomic E-state index is -3.92. The van der Waals surface area contributed by atoms with Crippen molar-refractivity contribution >= 4 is 15.9 Å². The first-order chi connectivity index (χ1) is 15.2. The number of nitriles is 1. The van der Waals surface area contributed by atoms with Crippen LogP contribution in [0.15, 0.2) is 29.4 Å². The van der Waals surface area contributed by atoms with Gasteiger partial charge in [0.2, 0.25) is 15.0 Å². The summed E-state index contributed by atoms with van der Waals surface area (Å²) < 4.78 is 57.9. The van der Waals surface area contributed by atoms with Gasteiger partial charge in [0.1, 0.15) is 11.3 Å². The van der Waals surface area contributed by atoms with E-state index in [9.17, 15) is 22.0 Å². The topological polar surface area (TPSA) is 122 Å². The maximum atomic E-state index is 14.3. The van der Waals surface area contributed by atoms with E-state index in [4.69, 9.17) is 10.00 Å². The second kappa shape index (κ2) is 8.67. The second-order valence-electron chi connectivity index (χ2n) is 8.84. The fourth-order valence-corrected chi connectivity index (χ4v) is 3.99. The molecule has 0 fully saturated rings. The smallest absolute Gasteiger partial charge is 0.408 e. The van der Waals surface area contributed by atoms with Gasteiger partial charge in [0, 0.05) is 23.8 Å². The molecule has 8 nitrogen and oxygen atoms in total. The van der Waals surface area contributed by atoms with Crippen LogP contribution in [0.25, 0.3) is 11.3 Å². The van der Waals surface area contributed by atoms with Crippen LogP contribution in [-0.4, -0.2) is 36.3 Å². The van der Waals surface area contributed by atoms with E-state index >= 15 is 0 Å². The van der Waals surface area contributed by atoms with Crippen LogP contribution in [0.3, 0.4) is 0 Å². The summed E-state index contributed by atoms with van der Waals surface area (Å²) in [4.78, 5) is 19.9. The Morgan fingerprint density at radius 3 is 2.45 bits per heavy atom. The van der Waals surface area contributed by atoms with E-state index in [1.54, 1.807) is 45.0 Å². The fourth-order valence-electron chi connectivity index (χ4n) is 3.47. The first-order valence-electron chi connectivity index (χ1n) is 10.2. The first kappa shape index (κ1) is 24.5. The molecule has 1 unspecified atom stereocenters. The Balaban J connectivity index is 1.98. The molecule has 1 aromatic heterocycles. The van der Waals surface area contributed by atoms with E-state index in [-0.39, 0.29) is 24.1 Å². The number of amides is 1. The monoisotopic (exact) mass is 478 g/mol. The minimum absolute atomic E-state index is 0.0146. The number of nitrogens with one attached hydrogen (secondary N) is 1. The lowest BCUT2D eigenvalue weighted by molar-refractivity contribution is -0.00653. The Bertz CT molecular complexity index is 1220. The number of hydrogen-bond acceptors (Lipinski definition) is 7. The first-order valence-corrected chi connectivity index (χ1v) is 12.1. The van der Waals surface area contributed by atoms with Crippen molar-refractivity contribution in [2.75, 3.05) is 6.26 Å². The normalized spacial score (nSPS) is 15.9. The number of aromatic nitrogens is 2. The molecule has 1 aliphatic rings. The number of rotatable bonds is 5. The van der Waals surface area contributed by atoms with Crippen molar-refractivity contribution in [3.05, 3.63) is 41.1 Å². The zero-order valence-corrected chi connectivity index (χ0v) is 19.5. The molecule has 2 aromatic rings. The van der Waals surface area contributed by atoms with Crippen molar-refractivity contribution in [3.8, 4) is 17.3 Å². The molecule has 1 heterocycles. The van der Waals surface area contributed by atoms with Crippen molar-refractivity contribution in [1.29, 1.82) is 5.26 Å². The number of carbonyl (C=O) groups excluding carboxylic acids is 1. The molecule has 1 N–H and O–H groups in total. The summed E-state index contributed by atoms with van der Waals surface area (Å²) in [5, 5.41) is 11.1. The van der Waals surface area contributed by atoms with Crippen LogP contribution in [0.2, 0.25) is 0 Å². The highest BCUT2D eigenvalue weighted by Gasteiger charge is 2.43. The SMILES string of the molecule is CC(C)(C)OC(=O)NC(CC#N)c1ccc(-c2nc(S(C)(=O)=O)nc3c2CCC3(F)F)cc1. The lowest BCUT2D eigenvalue weighted by atomic mass is 9.99. The maximum absolute atomic E-state index is 14.3. The molecule has 1 aromatic carbocycles. The van der Waals surface area contributed by atoms with Crippen LogP contribution in [0.1, 0.15) is 56.5 Å². The third-order valence-corrected chi connectivity index (χ3v) is 5.77. The Morgan fingerprint density at radius 2 is 1.91 bits per heavy atom. The fraction of sp³-hybridized carbons (Fsp3) is 0.455. The van der Waals surface area contributed by atoms with E-state index < -0.39 is 50.8 Å². The summed E-state index contributed by atoms with van der Waals surface area (Å²) in [6.45, 7) is 5.15. The number of halogens is 2. The quantitative estimate of drug-likeness (QED) is 0.643. The molecule has 0 saturated carbocycles. The summed E-state index contributed by atoms with van der Waals surface area (Å²) in [6.07, 6.45) is -0.296. The Labute approximate surface area is 190 Å². The summed E-state index contributed by atoms with van der Waals surface area (Å²) in [7, 11) is -3.92. The van der Waals surface area contributed by atoms with Crippen LogP contribution in [0.5, 0.6) is 0 Å². The maximum Gasteiger partial charge on any atom is 0.408 e. The van der Waals surface area contributed by atoms with Crippen LogP contribution in [-0.2, 0) is 26.9 Å². The molecule has 1 amide bonds. The number of benzene rings is 1. The second-order valence-corrected chi connectivity index (χ2v) is 10.8. The van der Waals surface area contributed by atoms with E-state index in [1.807, 2.05) is 6.07 Å². The molecule has 176 valence electrons. The Kier molecular flexibility index (Phi) is 6.44. The number of carbonyl (C=O) groups is 1. The van der Waals surface area contributed by atoms with Crippen molar-refractivity contribution in [2.24, 2.45) is 0 Å². The summed E-state index contributed by atoms with van der Waals surface area (Å²) >= 11 is 0. The zero-order valence-electron chi connectivity index (χ0n) is 18.6. The van der Waals surface area contributed by atoms with Gasteiger partial charge in [-0.25, -0.2) is 23.2 Å². The van der Waals surface area contributed by atoms with E-state index in [2.05, 4.69) is 15.3 Å². The van der Waals surface area contributed by atoms with Crippen LogP contribution >= 0.6 is 0 Å². The lowest BCUT2D eigenvalue weighted by Crippen LogP contribution is -2.34. The van der Waals surface area contributed by atoms with Gasteiger partial charge in [0.25, 0.3) is 5.92 Å². The molecule has 0 bridgehead atoms. The van der Waals surface area contributed by atoms with Crippen molar-refractivity contribution < 1.29 is 26.7 Å². The predicted octanol–water partition coefficient (Wildman–Crippen LogP) is 4.06. The number of alkyl halides is 2. The highest BCUT2D eigenvalue weighted by molar-refractivity contribution is 7.90. The molecular formula is C22H24F2N4O4S. The average molecular weight is 479 g/mol. The van der Waals surface area contributed by atoms with Gasteiger partial charge in [-0.05, 0) is 32.8 Å². The largest absolute Gasteiger partial charge is 0.444 e. The van der Waals surface area contributed by atoms with Crippen LogP contribution in [0, 0.1) is 11.3 Å². The zero-order chi connectivity index (χ0) is 24.6. The van der Waals surface area contributed by atoms with Gasteiger partial charge in [-0.3, -0.25) is 0 Å². The highest BCUT2D eigenvalue weighted by atomic mass is 32.2. The van der Waals surface area contributed by atoms with Gasteiger partial charge >= 0.3 is 6.09 Å². The number of alkyl carbamates (subject to hydrolysis) is 1. The summed E-state index contributed by atoms with van der Waals surface area (Å²) in [5.74, 6) is -3.23. The summed E-state index contributed by atoms with van der Waals surface area (Å²) in [6, 6.07) is 7.76. The standard InChI is InChI=1S/C22H24F2N4O4S/c1-21(2,3)32-20(29)26-16(10-12-25)13-5-7-14(8-6-13)17-15-9-11-22(23,24)18(15)28-19(27-17)33(4,30)31/h5-8,16H,9-11H2,1-4H3,(H,26,29). The van der Waals surface area contributed by atoms with Crippen LogP contribution < -0.4 is 5.32 Å². The van der Waals surface area contributed by atoms with Gasteiger partial charge < -0.3 is 10.1 Å². The molecule has 11 heteroatoms. The third-order valence-electron chi connectivity index (χ3n) is 4.93. The van der Waals surface area contributed by atoms with Gasteiger partial charge in [0.05, 0.1) is 24.2 Å². The Morgan fingerprint density at radius 1 is 1.27 bits per heavy atom. The van der Waals surface area contributed by atoms with Gasteiger partial charge in [0.15, 0.2) is 0 Å². The molecule has 0 saturated heterocycles. The van der Waals surface area contributed by atoms with Crippen molar-refractivity contribution in [3.63, 3.8) is 0 Å². The summed E-state index contributed by atoms with van der Waals surface area (Å²) in [5.41, 5.74) is 0.0731. The minimum Gasteiger partial charge on any atom is -0.444 e. The predicted molar refractivity (Wildman–Crippen MR) is 115 cm³/mol. The molecule has 3 rings (SSSR count). The number of nitrogens with zero attached hydrogens (tertiary/aromatic N) is 3. The van der Waals surface area contributed by atoms with E-state index in [1.165, 1.54) is 0 Å². The van der Waals surface area contributed by atoms with Crippen LogP contribution in [0.4, 0.5) is 13.6 Å².